The maximum Gasteiger partial charge on any atom is 0.311 e. The Balaban J connectivity index is 2.57. The van der Waals surface area contributed by atoms with Gasteiger partial charge in [0.1, 0.15) is 0 Å². The molecule has 0 aliphatic carbocycles. The molecule has 0 fully saturated rings. The maximum atomic E-state index is 12.1. The van der Waals surface area contributed by atoms with Crippen LogP contribution in [0, 0.1) is 5.92 Å². The van der Waals surface area contributed by atoms with Crippen molar-refractivity contribution in [1.82, 2.24) is 0 Å². The maximum absolute atomic E-state index is 12.1. The summed E-state index contributed by atoms with van der Waals surface area (Å²) in [5, 5.41) is 0. The lowest BCUT2D eigenvalue weighted by molar-refractivity contribution is -0.137. The van der Waals surface area contributed by atoms with E-state index in [4.69, 9.17) is 9.47 Å². The van der Waals surface area contributed by atoms with E-state index in [1.165, 1.54) is 0 Å². The van der Waals surface area contributed by atoms with Gasteiger partial charge in [-0.1, -0.05) is 65.0 Å². The molecule has 1 aromatic carbocycles. The summed E-state index contributed by atoms with van der Waals surface area (Å²) in [6.07, 6.45) is 6.76. The van der Waals surface area contributed by atoms with Crippen LogP contribution in [0.3, 0.4) is 0 Å². The molecule has 0 spiro atoms. The summed E-state index contributed by atoms with van der Waals surface area (Å²) in [4.78, 5) is 24.0. The van der Waals surface area contributed by atoms with Crippen molar-refractivity contribution >= 4 is 11.9 Å². The smallest absolute Gasteiger partial charge is 0.311 e. The summed E-state index contributed by atoms with van der Waals surface area (Å²) >= 11 is 0. The van der Waals surface area contributed by atoms with Gasteiger partial charge in [-0.2, -0.15) is 0 Å². The fraction of sp³-hybridized carbons (Fsp3) is 0.600. The number of hydrogen-bond donors (Lipinski definition) is 0. The molecule has 0 amide bonds. The van der Waals surface area contributed by atoms with Crippen molar-refractivity contribution in [2.75, 3.05) is 0 Å². The van der Waals surface area contributed by atoms with Crippen LogP contribution in [-0.2, 0) is 9.59 Å². The van der Waals surface area contributed by atoms with Crippen molar-refractivity contribution in [3.63, 3.8) is 0 Å². The van der Waals surface area contributed by atoms with Crippen LogP contribution in [0.4, 0.5) is 0 Å². The van der Waals surface area contributed by atoms with Gasteiger partial charge in [-0.25, -0.2) is 0 Å². The van der Waals surface area contributed by atoms with Crippen LogP contribution in [-0.4, -0.2) is 11.9 Å². The SMILES string of the molecule is CCCCCCC(=O)Oc1ccccc1OC(=O)CC(CC)CC. The highest BCUT2D eigenvalue weighted by atomic mass is 16.6. The van der Waals surface area contributed by atoms with E-state index < -0.39 is 0 Å². The quantitative estimate of drug-likeness (QED) is 0.313. The number of ether oxygens (including phenoxy) is 2. The van der Waals surface area contributed by atoms with Crippen LogP contribution < -0.4 is 9.47 Å². The fourth-order valence-electron chi connectivity index (χ4n) is 2.47. The Morgan fingerprint density at radius 1 is 0.875 bits per heavy atom. The van der Waals surface area contributed by atoms with Gasteiger partial charge in [0.05, 0.1) is 0 Å². The summed E-state index contributed by atoms with van der Waals surface area (Å²) in [5.41, 5.74) is 0. The zero-order chi connectivity index (χ0) is 17.8. The van der Waals surface area contributed by atoms with Crippen LogP contribution in [0.25, 0.3) is 0 Å². The van der Waals surface area contributed by atoms with Gasteiger partial charge in [0.25, 0.3) is 0 Å². The summed E-state index contributed by atoms with van der Waals surface area (Å²) in [6, 6.07) is 6.84. The molecule has 0 saturated heterocycles. The number of rotatable bonds is 11. The molecule has 134 valence electrons. The van der Waals surface area contributed by atoms with Gasteiger partial charge in [0, 0.05) is 12.8 Å². The average Bonchev–Trinajstić information content (AvgIpc) is 2.58. The first-order valence-corrected chi connectivity index (χ1v) is 9.11. The number of carbonyl (C=O) groups is 2. The van der Waals surface area contributed by atoms with Crippen LogP contribution in [0.15, 0.2) is 24.3 Å². The van der Waals surface area contributed by atoms with Crippen molar-refractivity contribution in [3.05, 3.63) is 24.3 Å². The largest absolute Gasteiger partial charge is 0.423 e. The molecular formula is C20H30O4. The molecule has 0 aliphatic rings. The number of esters is 2. The molecular weight excluding hydrogens is 304 g/mol. The topological polar surface area (TPSA) is 52.6 Å². The molecule has 1 aromatic rings. The molecule has 0 heterocycles. The van der Waals surface area contributed by atoms with E-state index in [1.54, 1.807) is 24.3 Å². The Kier molecular flexibility index (Phi) is 9.81. The highest BCUT2D eigenvalue weighted by Crippen LogP contribution is 2.28. The monoisotopic (exact) mass is 334 g/mol. The van der Waals surface area contributed by atoms with E-state index in [9.17, 15) is 9.59 Å². The van der Waals surface area contributed by atoms with Crippen LogP contribution >= 0.6 is 0 Å². The highest BCUT2D eigenvalue weighted by molar-refractivity contribution is 5.76. The lowest BCUT2D eigenvalue weighted by atomic mass is 10.00. The van der Waals surface area contributed by atoms with Gasteiger partial charge in [0.2, 0.25) is 0 Å². The molecule has 4 nitrogen and oxygen atoms in total. The van der Waals surface area contributed by atoms with Gasteiger partial charge in [-0.05, 0) is 24.5 Å². The third-order valence-corrected chi connectivity index (χ3v) is 4.14. The lowest BCUT2D eigenvalue weighted by Gasteiger charge is -2.13. The Hall–Kier alpha value is -1.84. The molecule has 4 heteroatoms. The average molecular weight is 334 g/mol. The third-order valence-electron chi connectivity index (χ3n) is 4.14. The Morgan fingerprint density at radius 2 is 1.46 bits per heavy atom. The second-order valence-electron chi connectivity index (χ2n) is 6.09. The second kappa shape index (κ2) is 11.7. The van der Waals surface area contributed by atoms with Gasteiger partial charge in [-0.15, -0.1) is 0 Å². The predicted molar refractivity (Wildman–Crippen MR) is 95.2 cm³/mol. The van der Waals surface area contributed by atoms with Crippen molar-refractivity contribution in [2.45, 2.75) is 72.1 Å². The number of benzene rings is 1. The summed E-state index contributed by atoms with van der Waals surface area (Å²) in [6.45, 7) is 6.26. The van der Waals surface area contributed by atoms with Crippen molar-refractivity contribution in [1.29, 1.82) is 0 Å². The minimum atomic E-state index is -0.283. The molecule has 0 aliphatic heterocycles. The number of hydrogen-bond acceptors (Lipinski definition) is 4. The van der Waals surface area contributed by atoms with Crippen molar-refractivity contribution in [3.8, 4) is 11.5 Å². The minimum absolute atomic E-state index is 0.282. The van der Waals surface area contributed by atoms with Gasteiger partial charge in [-0.3, -0.25) is 9.59 Å². The normalized spacial score (nSPS) is 10.7. The van der Waals surface area contributed by atoms with E-state index >= 15 is 0 Å². The zero-order valence-electron chi connectivity index (χ0n) is 15.2. The molecule has 0 atom stereocenters. The highest BCUT2D eigenvalue weighted by Gasteiger charge is 2.16. The molecule has 0 aromatic heterocycles. The predicted octanol–water partition coefficient (Wildman–Crippen LogP) is 5.29. The Bertz CT molecular complexity index is 506. The molecule has 1 rings (SSSR count). The van der Waals surface area contributed by atoms with E-state index in [2.05, 4.69) is 20.8 Å². The van der Waals surface area contributed by atoms with Gasteiger partial charge < -0.3 is 9.47 Å². The van der Waals surface area contributed by atoms with Gasteiger partial charge in [0.15, 0.2) is 11.5 Å². The number of carbonyl (C=O) groups excluding carboxylic acids is 2. The second-order valence-corrected chi connectivity index (χ2v) is 6.09. The molecule has 24 heavy (non-hydrogen) atoms. The first kappa shape index (κ1) is 20.2. The number of para-hydroxylation sites is 2. The Labute approximate surface area is 145 Å². The van der Waals surface area contributed by atoms with E-state index in [1.807, 2.05) is 0 Å². The zero-order valence-corrected chi connectivity index (χ0v) is 15.2. The molecule has 0 saturated carbocycles. The van der Waals surface area contributed by atoms with E-state index in [-0.39, 0.29) is 11.9 Å². The molecule has 0 unspecified atom stereocenters. The third kappa shape index (κ3) is 7.62. The first-order valence-electron chi connectivity index (χ1n) is 9.11. The molecule has 0 bridgehead atoms. The molecule has 0 N–H and O–H groups in total. The molecule has 0 radical (unpaired) electrons. The van der Waals surface area contributed by atoms with Crippen LogP contribution in [0.2, 0.25) is 0 Å². The minimum Gasteiger partial charge on any atom is -0.423 e. The van der Waals surface area contributed by atoms with Crippen LogP contribution in [0.5, 0.6) is 11.5 Å². The Morgan fingerprint density at radius 3 is 2.00 bits per heavy atom. The fourth-order valence-corrected chi connectivity index (χ4v) is 2.47. The van der Waals surface area contributed by atoms with E-state index in [0.717, 1.165) is 38.5 Å². The summed E-state index contributed by atoms with van der Waals surface area (Å²) < 4.78 is 10.8. The lowest BCUT2D eigenvalue weighted by Crippen LogP contribution is -2.15. The summed E-state index contributed by atoms with van der Waals surface area (Å²) in [5.74, 6) is 0.391. The van der Waals surface area contributed by atoms with Gasteiger partial charge >= 0.3 is 11.9 Å². The van der Waals surface area contributed by atoms with E-state index in [0.29, 0.717) is 30.3 Å². The van der Waals surface area contributed by atoms with Crippen LogP contribution in [0.1, 0.15) is 72.1 Å². The standard InChI is InChI=1S/C20H30O4/c1-4-7-8-9-14-19(21)23-17-12-10-11-13-18(17)24-20(22)15-16(5-2)6-3/h10-13,16H,4-9,14-15H2,1-3H3. The van der Waals surface area contributed by atoms with Crippen molar-refractivity contribution < 1.29 is 19.1 Å². The first-order chi connectivity index (χ1) is 11.6. The van der Waals surface area contributed by atoms with Crippen molar-refractivity contribution in [2.24, 2.45) is 5.92 Å². The number of unbranched alkanes of at least 4 members (excludes halogenated alkanes) is 3. The summed E-state index contributed by atoms with van der Waals surface area (Å²) in [7, 11) is 0.